The third kappa shape index (κ3) is 8.56. The standard InChI is InChI=1S/C25H31N3O3/c1-28(2)18-20-12-10-19(11-13-20)14-15-21-7-3-4-9-23(21)25(31)27-22(17-24(26)30)8-5-6-16-29/h3-4,7,9-16,22H,5-6,8,17-18H2,1-2H3,(H2,26,30)(H,27,31)/b15-14+. The SMILES string of the molecule is CN(C)Cc1ccc(/C=C/c2ccccc2C(=O)NC(CCCC=O)CC(N)=O)cc1. The highest BCUT2D eigenvalue weighted by molar-refractivity contribution is 5.99. The lowest BCUT2D eigenvalue weighted by Crippen LogP contribution is -2.38. The fourth-order valence-corrected chi connectivity index (χ4v) is 3.31. The van der Waals surface area contributed by atoms with Gasteiger partial charge in [0.2, 0.25) is 5.91 Å². The number of primary amides is 1. The van der Waals surface area contributed by atoms with Gasteiger partial charge in [-0.1, -0.05) is 54.6 Å². The largest absolute Gasteiger partial charge is 0.370 e. The van der Waals surface area contributed by atoms with Crippen LogP contribution >= 0.6 is 0 Å². The summed E-state index contributed by atoms with van der Waals surface area (Å²) in [5, 5.41) is 2.89. The Bertz CT molecular complexity index is 904. The van der Waals surface area contributed by atoms with E-state index in [0.29, 0.717) is 24.8 Å². The van der Waals surface area contributed by atoms with E-state index in [-0.39, 0.29) is 12.3 Å². The number of hydrogen-bond acceptors (Lipinski definition) is 4. The van der Waals surface area contributed by atoms with Crippen LogP contribution in [0, 0.1) is 0 Å². The molecular formula is C25H31N3O3. The van der Waals surface area contributed by atoms with Crippen molar-refractivity contribution < 1.29 is 14.4 Å². The van der Waals surface area contributed by atoms with Gasteiger partial charge in [-0.05, 0) is 49.7 Å². The molecule has 0 radical (unpaired) electrons. The number of carbonyl (C=O) groups is 3. The van der Waals surface area contributed by atoms with E-state index in [1.807, 2.05) is 50.5 Å². The highest BCUT2D eigenvalue weighted by Crippen LogP contribution is 2.15. The van der Waals surface area contributed by atoms with Crippen molar-refractivity contribution in [3.8, 4) is 0 Å². The number of nitrogens with one attached hydrogen (secondary N) is 1. The zero-order valence-corrected chi connectivity index (χ0v) is 18.2. The van der Waals surface area contributed by atoms with E-state index in [1.165, 1.54) is 5.56 Å². The summed E-state index contributed by atoms with van der Waals surface area (Å²) in [5.74, 6) is -0.749. The lowest BCUT2D eigenvalue weighted by Gasteiger charge is -2.17. The molecule has 1 unspecified atom stereocenters. The van der Waals surface area contributed by atoms with Crippen LogP contribution in [0.3, 0.4) is 0 Å². The molecular weight excluding hydrogens is 390 g/mol. The van der Waals surface area contributed by atoms with E-state index in [9.17, 15) is 14.4 Å². The van der Waals surface area contributed by atoms with Crippen LogP contribution in [0.25, 0.3) is 12.2 Å². The molecule has 6 nitrogen and oxygen atoms in total. The molecule has 3 N–H and O–H groups in total. The van der Waals surface area contributed by atoms with Crippen LogP contribution in [0.1, 0.15) is 52.7 Å². The Morgan fingerprint density at radius 1 is 1.06 bits per heavy atom. The van der Waals surface area contributed by atoms with Gasteiger partial charge in [0.15, 0.2) is 0 Å². The topological polar surface area (TPSA) is 92.5 Å². The van der Waals surface area contributed by atoms with Crippen molar-refractivity contribution in [2.45, 2.75) is 38.3 Å². The minimum absolute atomic E-state index is 0.0436. The number of unbranched alkanes of at least 4 members (excludes halogenated alkanes) is 1. The van der Waals surface area contributed by atoms with Gasteiger partial charge in [0.25, 0.3) is 5.91 Å². The summed E-state index contributed by atoms with van der Waals surface area (Å²) >= 11 is 0. The van der Waals surface area contributed by atoms with Gasteiger partial charge in [-0.2, -0.15) is 0 Å². The summed E-state index contributed by atoms with van der Waals surface area (Å²) in [6.07, 6.45) is 6.25. The molecule has 2 rings (SSSR count). The maximum Gasteiger partial charge on any atom is 0.252 e. The smallest absolute Gasteiger partial charge is 0.252 e. The minimum atomic E-state index is -0.484. The monoisotopic (exact) mass is 421 g/mol. The first-order valence-electron chi connectivity index (χ1n) is 10.4. The Labute approximate surface area is 184 Å². The number of benzene rings is 2. The zero-order chi connectivity index (χ0) is 22.6. The van der Waals surface area contributed by atoms with Gasteiger partial charge < -0.3 is 20.7 Å². The fraction of sp³-hybridized carbons (Fsp3) is 0.320. The van der Waals surface area contributed by atoms with Crippen molar-refractivity contribution >= 4 is 30.3 Å². The highest BCUT2D eigenvalue weighted by Gasteiger charge is 2.17. The molecule has 0 aromatic heterocycles. The van der Waals surface area contributed by atoms with Crippen LogP contribution in [0.2, 0.25) is 0 Å². The summed E-state index contributed by atoms with van der Waals surface area (Å²) in [7, 11) is 4.07. The fourth-order valence-electron chi connectivity index (χ4n) is 3.31. The zero-order valence-electron chi connectivity index (χ0n) is 18.2. The molecule has 2 aromatic carbocycles. The molecule has 0 aliphatic carbocycles. The predicted molar refractivity (Wildman–Crippen MR) is 124 cm³/mol. The molecule has 0 aliphatic rings. The molecule has 0 fully saturated rings. The van der Waals surface area contributed by atoms with Gasteiger partial charge in [-0.15, -0.1) is 0 Å². The summed E-state index contributed by atoms with van der Waals surface area (Å²) in [6.45, 7) is 0.881. The van der Waals surface area contributed by atoms with Crippen molar-refractivity contribution in [1.82, 2.24) is 10.2 Å². The van der Waals surface area contributed by atoms with Gasteiger partial charge in [0, 0.05) is 31.0 Å². The number of hydrogen-bond donors (Lipinski definition) is 2. The van der Waals surface area contributed by atoms with Gasteiger partial charge >= 0.3 is 0 Å². The molecule has 2 aromatic rings. The summed E-state index contributed by atoms with van der Waals surface area (Å²) in [6, 6.07) is 15.2. The Kier molecular flexibility index (Phi) is 9.65. The van der Waals surface area contributed by atoms with E-state index in [4.69, 9.17) is 5.73 Å². The van der Waals surface area contributed by atoms with E-state index < -0.39 is 11.9 Å². The van der Waals surface area contributed by atoms with Crippen LogP contribution in [-0.4, -0.2) is 43.1 Å². The molecule has 2 amide bonds. The molecule has 0 bridgehead atoms. The number of amides is 2. The summed E-state index contributed by atoms with van der Waals surface area (Å²) < 4.78 is 0. The van der Waals surface area contributed by atoms with Crippen LogP contribution in [0.5, 0.6) is 0 Å². The first-order chi connectivity index (χ1) is 14.9. The van der Waals surface area contributed by atoms with Gasteiger partial charge in [0.1, 0.15) is 6.29 Å². The first kappa shape index (κ1) is 24.0. The maximum atomic E-state index is 12.9. The molecule has 0 spiro atoms. The molecule has 0 saturated heterocycles. The van der Waals surface area contributed by atoms with E-state index in [0.717, 1.165) is 24.0 Å². The van der Waals surface area contributed by atoms with Gasteiger partial charge in [-0.25, -0.2) is 0 Å². The maximum absolute atomic E-state index is 12.9. The van der Waals surface area contributed by atoms with Crippen molar-refractivity contribution in [1.29, 1.82) is 0 Å². The molecule has 0 heterocycles. The quantitative estimate of drug-likeness (QED) is 0.313. The van der Waals surface area contributed by atoms with Crippen LogP contribution in [0.15, 0.2) is 48.5 Å². The predicted octanol–water partition coefficient (Wildman–Crippen LogP) is 3.26. The van der Waals surface area contributed by atoms with E-state index in [2.05, 4.69) is 22.3 Å². The Hall–Kier alpha value is -3.25. The second-order valence-electron chi connectivity index (χ2n) is 7.84. The van der Waals surface area contributed by atoms with Gasteiger partial charge in [0.05, 0.1) is 0 Å². The number of rotatable bonds is 12. The van der Waals surface area contributed by atoms with Gasteiger partial charge in [-0.3, -0.25) is 9.59 Å². The molecule has 0 aliphatic heterocycles. The van der Waals surface area contributed by atoms with Crippen LogP contribution < -0.4 is 11.1 Å². The van der Waals surface area contributed by atoms with E-state index >= 15 is 0 Å². The van der Waals surface area contributed by atoms with Crippen molar-refractivity contribution in [2.75, 3.05) is 14.1 Å². The van der Waals surface area contributed by atoms with Crippen molar-refractivity contribution in [2.24, 2.45) is 5.73 Å². The first-order valence-corrected chi connectivity index (χ1v) is 10.4. The Morgan fingerprint density at radius 3 is 2.42 bits per heavy atom. The number of nitrogens with zero attached hydrogens (tertiary/aromatic N) is 1. The van der Waals surface area contributed by atoms with Crippen LogP contribution in [-0.2, 0) is 16.1 Å². The van der Waals surface area contributed by atoms with Crippen LogP contribution in [0.4, 0.5) is 0 Å². The summed E-state index contributed by atoms with van der Waals surface area (Å²) in [4.78, 5) is 36.9. The number of nitrogens with two attached hydrogens (primary N) is 1. The van der Waals surface area contributed by atoms with Crippen molar-refractivity contribution in [3.05, 3.63) is 70.8 Å². The molecule has 6 heteroatoms. The number of aldehydes is 1. The highest BCUT2D eigenvalue weighted by atomic mass is 16.2. The van der Waals surface area contributed by atoms with Crippen molar-refractivity contribution in [3.63, 3.8) is 0 Å². The lowest BCUT2D eigenvalue weighted by molar-refractivity contribution is -0.118. The molecule has 164 valence electrons. The third-order valence-corrected chi connectivity index (χ3v) is 4.80. The average molecular weight is 422 g/mol. The minimum Gasteiger partial charge on any atom is -0.370 e. The number of carbonyl (C=O) groups excluding carboxylic acids is 3. The molecule has 0 saturated carbocycles. The lowest BCUT2D eigenvalue weighted by atomic mass is 10.0. The second-order valence-corrected chi connectivity index (χ2v) is 7.84. The Morgan fingerprint density at radius 2 is 1.77 bits per heavy atom. The Balaban J connectivity index is 2.12. The average Bonchev–Trinajstić information content (AvgIpc) is 2.72. The van der Waals surface area contributed by atoms with E-state index in [1.54, 1.807) is 12.1 Å². The summed E-state index contributed by atoms with van der Waals surface area (Å²) in [5.41, 5.74) is 8.89. The molecule has 1 atom stereocenters. The normalized spacial score (nSPS) is 12.1. The molecule has 31 heavy (non-hydrogen) atoms. The third-order valence-electron chi connectivity index (χ3n) is 4.80. The second kappa shape index (κ2) is 12.4.